The molecule has 2 N–H and O–H groups in total. The highest BCUT2D eigenvalue weighted by Gasteiger charge is 1.98. The highest BCUT2D eigenvalue weighted by molar-refractivity contribution is 9.11. The quantitative estimate of drug-likeness (QED) is 0.856. The van der Waals surface area contributed by atoms with Gasteiger partial charge in [0.05, 0.1) is 9.89 Å². The molecule has 2 nitrogen and oxygen atoms in total. The molecule has 0 spiro atoms. The van der Waals surface area contributed by atoms with E-state index in [1.165, 1.54) is 4.88 Å². The maximum absolute atomic E-state index is 8.97. The molecule has 0 unspecified atom stereocenters. The second kappa shape index (κ2) is 4.97. The van der Waals surface area contributed by atoms with E-state index in [1.807, 2.05) is 6.07 Å². The fourth-order valence-corrected chi connectivity index (χ4v) is 2.30. The summed E-state index contributed by atoms with van der Waals surface area (Å²) in [5.41, 5.74) is 0. The Bertz CT molecular complexity index is 237. The molecule has 12 heavy (non-hydrogen) atoms. The zero-order valence-electron chi connectivity index (χ0n) is 6.88. The molecule has 1 rings (SSSR count). The third-order valence-corrected chi connectivity index (χ3v) is 2.99. The van der Waals surface area contributed by atoms with Crippen LogP contribution in [0.5, 0.6) is 0 Å². The Labute approximate surface area is 84.7 Å². The van der Waals surface area contributed by atoms with Gasteiger partial charge in [0.1, 0.15) is 0 Å². The van der Waals surface area contributed by atoms with E-state index < -0.39 is 0 Å². The van der Waals surface area contributed by atoms with E-state index in [1.54, 1.807) is 18.3 Å². The molecule has 0 aromatic carbocycles. The van der Waals surface area contributed by atoms with Gasteiger partial charge in [-0.25, -0.2) is 0 Å². The summed E-state index contributed by atoms with van der Waals surface area (Å²) < 4.78 is 1.15. The van der Waals surface area contributed by atoms with Crippen molar-refractivity contribution < 1.29 is 5.11 Å². The predicted molar refractivity (Wildman–Crippen MR) is 55.4 cm³/mol. The monoisotopic (exact) mass is 249 g/mol. The lowest BCUT2D eigenvalue weighted by Gasteiger charge is -2.04. The number of aliphatic hydroxyl groups excluding tert-OH is 1. The summed E-state index contributed by atoms with van der Waals surface area (Å²) in [5.74, 6) is 0. The second-order valence-corrected chi connectivity index (χ2v) is 5.23. The number of hydrogen-bond donors (Lipinski definition) is 2. The maximum atomic E-state index is 8.97. The molecular weight excluding hydrogens is 238 g/mol. The minimum Gasteiger partial charge on any atom is -0.392 e. The van der Waals surface area contributed by atoms with Gasteiger partial charge in [0.2, 0.25) is 0 Å². The summed E-state index contributed by atoms with van der Waals surface area (Å²) in [6.45, 7) is 3.26. The average molecular weight is 250 g/mol. The molecule has 0 saturated heterocycles. The molecule has 68 valence electrons. The first-order chi connectivity index (χ1) is 5.68. The first kappa shape index (κ1) is 10.2. The number of aliphatic hydroxyl groups is 1. The third kappa shape index (κ3) is 3.67. The molecule has 0 fully saturated rings. The highest BCUT2D eigenvalue weighted by Crippen LogP contribution is 2.21. The fraction of sp³-hybridized carbons (Fsp3) is 0.500. The normalized spacial score (nSPS) is 13.2. The second-order valence-electron chi connectivity index (χ2n) is 2.69. The molecule has 1 heterocycles. The van der Waals surface area contributed by atoms with Gasteiger partial charge in [-0.2, -0.15) is 0 Å². The van der Waals surface area contributed by atoms with Crippen LogP contribution in [0.3, 0.4) is 0 Å². The first-order valence-electron chi connectivity index (χ1n) is 3.81. The lowest BCUT2D eigenvalue weighted by atomic mass is 10.4. The van der Waals surface area contributed by atoms with Crippen molar-refractivity contribution in [2.24, 2.45) is 0 Å². The van der Waals surface area contributed by atoms with Crippen LogP contribution >= 0.6 is 27.3 Å². The van der Waals surface area contributed by atoms with Crippen LogP contribution in [0, 0.1) is 0 Å². The third-order valence-electron chi connectivity index (χ3n) is 1.37. The van der Waals surface area contributed by atoms with Crippen LogP contribution in [-0.2, 0) is 6.54 Å². The fourth-order valence-electron chi connectivity index (χ4n) is 0.851. The molecule has 1 atom stereocenters. The van der Waals surface area contributed by atoms with E-state index in [2.05, 4.69) is 27.3 Å². The molecule has 0 aliphatic heterocycles. The van der Waals surface area contributed by atoms with Gasteiger partial charge in [0.25, 0.3) is 0 Å². The standard InChI is InChI=1S/C8H12BrNOS/c1-6(11)4-10-5-7-2-3-8(9)12-7/h2-3,6,10-11H,4-5H2,1H3/t6-/m1/s1. The molecule has 1 aromatic heterocycles. The van der Waals surface area contributed by atoms with Gasteiger partial charge in [-0.15, -0.1) is 11.3 Å². The van der Waals surface area contributed by atoms with Crippen LogP contribution in [0.15, 0.2) is 15.9 Å². The van der Waals surface area contributed by atoms with Crippen molar-refractivity contribution in [2.75, 3.05) is 6.54 Å². The smallest absolute Gasteiger partial charge is 0.0701 e. The van der Waals surface area contributed by atoms with E-state index in [0.29, 0.717) is 6.54 Å². The van der Waals surface area contributed by atoms with Crippen molar-refractivity contribution in [3.05, 3.63) is 20.8 Å². The van der Waals surface area contributed by atoms with Gasteiger partial charge in [0, 0.05) is 18.0 Å². The average Bonchev–Trinajstić information content (AvgIpc) is 2.35. The minimum absolute atomic E-state index is 0.270. The highest BCUT2D eigenvalue weighted by atomic mass is 79.9. The van der Waals surface area contributed by atoms with Crippen molar-refractivity contribution in [1.29, 1.82) is 0 Å². The number of rotatable bonds is 4. The van der Waals surface area contributed by atoms with Crippen LogP contribution in [0.1, 0.15) is 11.8 Å². The molecule has 0 aliphatic rings. The Hall–Kier alpha value is 0.1000. The van der Waals surface area contributed by atoms with Crippen molar-refractivity contribution in [3.8, 4) is 0 Å². The van der Waals surface area contributed by atoms with E-state index in [-0.39, 0.29) is 6.10 Å². The first-order valence-corrected chi connectivity index (χ1v) is 5.42. The van der Waals surface area contributed by atoms with Crippen LogP contribution in [-0.4, -0.2) is 17.8 Å². The van der Waals surface area contributed by atoms with E-state index in [4.69, 9.17) is 5.11 Å². The molecule has 0 amide bonds. The molecule has 1 aromatic rings. The maximum Gasteiger partial charge on any atom is 0.0701 e. The van der Waals surface area contributed by atoms with E-state index in [9.17, 15) is 0 Å². The number of nitrogens with one attached hydrogen (secondary N) is 1. The summed E-state index contributed by atoms with van der Waals surface area (Å²) in [7, 11) is 0. The zero-order valence-corrected chi connectivity index (χ0v) is 9.28. The summed E-state index contributed by atoms with van der Waals surface area (Å²) >= 11 is 5.11. The minimum atomic E-state index is -0.270. The Morgan fingerprint density at radius 2 is 2.42 bits per heavy atom. The van der Waals surface area contributed by atoms with E-state index in [0.717, 1.165) is 10.3 Å². The van der Waals surface area contributed by atoms with Gasteiger partial charge < -0.3 is 10.4 Å². The summed E-state index contributed by atoms with van der Waals surface area (Å²) in [6, 6.07) is 4.11. The van der Waals surface area contributed by atoms with Gasteiger partial charge in [-0.3, -0.25) is 0 Å². The van der Waals surface area contributed by atoms with Gasteiger partial charge in [-0.1, -0.05) is 0 Å². The lowest BCUT2D eigenvalue weighted by Crippen LogP contribution is -2.23. The van der Waals surface area contributed by atoms with Gasteiger partial charge >= 0.3 is 0 Å². The van der Waals surface area contributed by atoms with Crippen molar-refractivity contribution in [1.82, 2.24) is 5.32 Å². The predicted octanol–water partition coefficient (Wildman–Crippen LogP) is 1.98. The van der Waals surface area contributed by atoms with Crippen molar-refractivity contribution in [3.63, 3.8) is 0 Å². The summed E-state index contributed by atoms with van der Waals surface area (Å²) in [6.07, 6.45) is -0.270. The molecular formula is C8H12BrNOS. The summed E-state index contributed by atoms with van der Waals surface area (Å²) in [4.78, 5) is 1.28. The number of thiophene rings is 1. The molecule has 4 heteroatoms. The Morgan fingerprint density at radius 1 is 1.67 bits per heavy atom. The SMILES string of the molecule is C[C@@H](O)CNCc1ccc(Br)s1. The van der Waals surface area contributed by atoms with Gasteiger partial charge in [0.15, 0.2) is 0 Å². The number of halogens is 1. The topological polar surface area (TPSA) is 32.3 Å². The Kier molecular flexibility index (Phi) is 4.21. The van der Waals surface area contributed by atoms with Crippen LogP contribution in [0.4, 0.5) is 0 Å². The Balaban J connectivity index is 2.24. The van der Waals surface area contributed by atoms with Crippen LogP contribution < -0.4 is 5.32 Å². The van der Waals surface area contributed by atoms with E-state index >= 15 is 0 Å². The van der Waals surface area contributed by atoms with Crippen molar-refractivity contribution >= 4 is 27.3 Å². The lowest BCUT2D eigenvalue weighted by molar-refractivity contribution is 0.191. The zero-order chi connectivity index (χ0) is 8.97. The van der Waals surface area contributed by atoms with Crippen molar-refractivity contribution in [2.45, 2.75) is 19.6 Å². The molecule has 0 bridgehead atoms. The Morgan fingerprint density at radius 3 is 2.92 bits per heavy atom. The summed E-state index contributed by atoms with van der Waals surface area (Å²) in [5, 5.41) is 12.1. The molecule has 0 radical (unpaired) electrons. The molecule has 0 saturated carbocycles. The van der Waals surface area contributed by atoms with Crippen LogP contribution in [0.25, 0.3) is 0 Å². The van der Waals surface area contributed by atoms with Crippen LogP contribution in [0.2, 0.25) is 0 Å². The van der Waals surface area contributed by atoms with Gasteiger partial charge in [-0.05, 0) is 35.0 Å². The molecule has 0 aliphatic carbocycles. The largest absolute Gasteiger partial charge is 0.392 e. The number of hydrogen-bond acceptors (Lipinski definition) is 3.